The van der Waals surface area contributed by atoms with Crippen LogP contribution in [0.4, 0.5) is 11.8 Å². The SMILES string of the molecule is CC(C)(C)Nc1nncc(N2CCOCC2)n1. The summed E-state index contributed by atoms with van der Waals surface area (Å²) >= 11 is 0. The van der Waals surface area contributed by atoms with Crippen LogP contribution in [0.2, 0.25) is 0 Å². The van der Waals surface area contributed by atoms with Gasteiger partial charge in [0.25, 0.3) is 0 Å². The maximum atomic E-state index is 5.31. The summed E-state index contributed by atoms with van der Waals surface area (Å²) < 4.78 is 5.31. The third kappa shape index (κ3) is 3.52. The smallest absolute Gasteiger partial charge is 0.245 e. The number of nitrogens with one attached hydrogen (secondary N) is 1. The predicted octanol–water partition coefficient (Wildman–Crippen LogP) is 0.919. The van der Waals surface area contributed by atoms with Crippen LogP contribution in [0.15, 0.2) is 6.20 Å². The lowest BCUT2D eigenvalue weighted by Gasteiger charge is -2.28. The van der Waals surface area contributed by atoms with Crippen molar-refractivity contribution in [2.75, 3.05) is 36.5 Å². The molecule has 1 saturated heterocycles. The Balaban J connectivity index is 2.10. The molecule has 1 N–H and O–H groups in total. The Labute approximate surface area is 101 Å². The van der Waals surface area contributed by atoms with E-state index in [1.54, 1.807) is 6.20 Å². The maximum absolute atomic E-state index is 5.31. The number of hydrogen-bond donors (Lipinski definition) is 1. The third-order valence-corrected chi connectivity index (χ3v) is 2.37. The monoisotopic (exact) mass is 237 g/mol. The molecule has 6 nitrogen and oxygen atoms in total. The summed E-state index contributed by atoms with van der Waals surface area (Å²) in [6.45, 7) is 9.40. The normalized spacial score (nSPS) is 17.0. The Morgan fingerprint density at radius 1 is 1.29 bits per heavy atom. The molecule has 94 valence electrons. The lowest BCUT2D eigenvalue weighted by Crippen LogP contribution is -2.37. The van der Waals surface area contributed by atoms with E-state index in [9.17, 15) is 0 Å². The first-order valence-corrected chi connectivity index (χ1v) is 5.85. The molecule has 1 aliphatic heterocycles. The van der Waals surface area contributed by atoms with Gasteiger partial charge in [0.05, 0.1) is 19.4 Å². The van der Waals surface area contributed by atoms with Crippen molar-refractivity contribution in [2.45, 2.75) is 26.3 Å². The van der Waals surface area contributed by atoms with Gasteiger partial charge in [-0.05, 0) is 20.8 Å². The number of rotatable bonds is 2. The van der Waals surface area contributed by atoms with Crippen molar-refractivity contribution >= 4 is 11.8 Å². The first-order valence-electron chi connectivity index (χ1n) is 5.85. The summed E-state index contributed by atoms with van der Waals surface area (Å²) in [6, 6.07) is 0. The van der Waals surface area contributed by atoms with E-state index in [1.807, 2.05) is 0 Å². The molecular formula is C11H19N5O. The van der Waals surface area contributed by atoms with Gasteiger partial charge in [-0.25, -0.2) is 0 Å². The van der Waals surface area contributed by atoms with Crippen molar-refractivity contribution in [3.05, 3.63) is 6.20 Å². The van der Waals surface area contributed by atoms with Gasteiger partial charge >= 0.3 is 0 Å². The summed E-state index contributed by atoms with van der Waals surface area (Å²) in [7, 11) is 0. The number of morpholine rings is 1. The molecule has 0 unspecified atom stereocenters. The number of hydrogen-bond acceptors (Lipinski definition) is 6. The van der Waals surface area contributed by atoms with E-state index in [1.165, 1.54) is 0 Å². The fourth-order valence-corrected chi connectivity index (χ4v) is 1.63. The predicted molar refractivity (Wildman–Crippen MR) is 66.2 cm³/mol. The first-order chi connectivity index (χ1) is 8.04. The van der Waals surface area contributed by atoms with Gasteiger partial charge in [0.2, 0.25) is 5.95 Å². The quantitative estimate of drug-likeness (QED) is 0.825. The zero-order valence-corrected chi connectivity index (χ0v) is 10.6. The van der Waals surface area contributed by atoms with Crippen LogP contribution in [-0.4, -0.2) is 47.0 Å². The van der Waals surface area contributed by atoms with Crippen LogP contribution in [0.1, 0.15) is 20.8 Å². The van der Waals surface area contributed by atoms with E-state index in [0.717, 1.165) is 32.1 Å². The lowest BCUT2D eigenvalue weighted by atomic mass is 10.1. The van der Waals surface area contributed by atoms with Gasteiger partial charge in [-0.2, -0.15) is 10.1 Å². The molecule has 1 aromatic heterocycles. The summed E-state index contributed by atoms with van der Waals surface area (Å²) in [5, 5.41) is 11.2. The van der Waals surface area contributed by atoms with E-state index in [4.69, 9.17) is 4.74 Å². The molecule has 0 aromatic carbocycles. The molecule has 1 aliphatic rings. The molecule has 0 bridgehead atoms. The highest BCUT2D eigenvalue weighted by Crippen LogP contribution is 2.14. The molecule has 0 spiro atoms. The second-order valence-corrected chi connectivity index (χ2v) is 5.11. The molecule has 2 heterocycles. The number of nitrogens with zero attached hydrogens (tertiary/aromatic N) is 4. The van der Waals surface area contributed by atoms with Crippen LogP contribution in [0.25, 0.3) is 0 Å². The highest BCUT2D eigenvalue weighted by Gasteiger charge is 2.16. The number of anilines is 2. The summed E-state index contributed by atoms with van der Waals surface area (Å²) in [4.78, 5) is 6.63. The van der Waals surface area contributed by atoms with Crippen molar-refractivity contribution in [2.24, 2.45) is 0 Å². The van der Waals surface area contributed by atoms with Crippen LogP contribution in [0.5, 0.6) is 0 Å². The lowest BCUT2D eigenvalue weighted by molar-refractivity contribution is 0.122. The van der Waals surface area contributed by atoms with Gasteiger partial charge in [-0.1, -0.05) is 0 Å². The largest absolute Gasteiger partial charge is 0.378 e. The van der Waals surface area contributed by atoms with Crippen LogP contribution >= 0.6 is 0 Å². The Kier molecular flexibility index (Phi) is 3.42. The summed E-state index contributed by atoms with van der Waals surface area (Å²) in [5.74, 6) is 1.43. The molecule has 0 atom stereocenters. The summed E-state index contributed by atoms with van der Waals surface area (Å²) in [6.07, 6.45) is 1.69. The van der Waals surface area contributed by atoms with E-state index in [2.05, 4.69) is 46.2 Å². The molecule has 1 aromatic rings. The van der Waals surface area contributed by atoms with Crippen molar-refractivity contribution < 1.29 is 4.74 Å². The molecule has 0 radical (unpaired) electrons. The highest BCUT2D eigenvalue weighted by atomic mass is 16.5. The highest BCUT2D eigenvalue weighted by molar-refractivity contribution is 5.41. The van der Waals surface area contributed by atoms with Crippen LogP contribution in [-0.2, 0) is 4.74 Å². The van der Waals surface area contributed by atoms with Gasteiger partial charge in [0.1, 0.15) is 0 Å². The zero-order valence-electron chi connectivity index (χ0n) is 10.6. The topological polar surface area (TPSA) is 63.2 Å². The van der Waals surface area contributed by atoms with Crippen LogP contribution in [0.3, 0.4) is 0 Å². The fraction of sp³-hybridized carbons (Fsp3) is 0.727. The van der Waals surface area contributed by atoms with Gasteiger partial charge < -0.3 is 15.0 Å². The van der Waals surface area contributed by atoms with E-state index in [0.29, 0.717) is 5.95 Å². The standard InChI is InChI=1S/C11H19N5O/c1-11(2,3)14-10-13-9(8-12-15-10)16-4-6-17-7-5-16/h8H,4-7H2,1-3H3,(H,13,14,15). The maximum Gasteiger partial charge on any atom is 0.245 e. The number of ether oxygens (including phenoxy) is 1. The average Bonchev–Trinajstić information content (AvgIpc) is 2.28. The molecular weight excluding hydrogens is 218 g/mol. The Morgan fingerprint density at radius 3 is 2.65 bits per heavy atom. The fourth-order valence-electron chi connectivity index (χ4n) is 1.63. The molecule has 2 rings (SSSR count). The second-order valence-electron chi connectivity index (χ2n) is 5.11. The molecule has 0 saturated carbocycles. The van der Waals surface area contributed by atoms with Crippen molar-refractivity contribution in [1.29, 1.82) is 0 Å². The minimum atomic E-state index is -0.0642. The van der Waals surface area contributed by atoms with Crippen LogP contribution < -0.4 is 10.2 Å². The minimum absolute atomic E-state index is 0.0642. The Hall–Kier alpha value is -1.43. The zero-order chi connectivity index (χ0) is 12.3. The Morgan fingerprint density at radius 2 is 2.00 bits per heavy atom. The van der Waals surface area contributed by atoms with Crippen molar-refractivity contribution in [1.82, 2.24) is 15.2 Å². The molecule has 17 heavy (non-hydrogen) atoms. The first kappa shape index (κ1) is 12.0. The van der Waals surface area contributed by atoms with E-state index >= 15 is 0 Å². The number of aromatic nitrogens is 3. The molecule has 6 heteroatoms. The minimum Gasteiger partial charge on any atom is -0.378 e. The van der Waals surface area contributed by atoms with Gasteiger partial charge in [-0.3, -0.25) is 0 Å². The van der Waals surface area contributed by atoms with Gasteiger partial charge in [-0.15, -0.1) is 5.10 Å². The van der Waals surface area contributed by atoms with E-state index in [-0.39, 0.29) is 5.54 Å². The second kappa shape index (κ2) is 4.83. The van der Waals surface area contributed by atoms with E-state index < -0.39 is 0 Å². The van der Waals surface area contributed by atoms with Gasteiger partial charge in [0, 0.05) is 18.6 Å². The van der Waals surface area contributed by atoms with Crippen molar-refractivity contribution in [3.8, 4) is 0 Å². The third-order valence-electron chi connectivity index (χ3n) is 2.37. The van der Waals surface area contributed by atoms with Crippen molar-refractivity contribution in [3.63, 3.8) is 0 Å². The average molecular weight is 237 g/mol. The molecule has 1 fully saturated rings. The summed E-state index contributed by atoms with van der Waals surface area (Å²) in [5.41, 5.74) is -0.0642. The van der Waals surface area contributed by atoms with Gasteiger partial charge in [0.15, 0.2) is 5.82 Å². The molecule has 0 aliphatic carbocycles. The molecule has 0 amide bonds. The van der Waals surface area contributed by atoms with Crippen LogP contribution in [0, 0.1) is 0 Å². The Bertz CT molecular complexity index is 370.